The summed E-state index contributed by atoms with van der Waals surface area (Å²) in [6.07, 6.45) is 0.0537. The SMILES string of the molecule is COc1ccc(CN2C(=O)[C@@H](CC(=O)NCc3ccccc3)n3c2nc2ccccc23)cc1. The molecule has 0 saturated carbocycles. The average molecular weight is 441 g/mol. The molecule has 0 spiro atoms. The van der Waals surface area contributed by atoms with Crippen LogP contribution in [-0.2, 0) is 22.7 Å². The lowest BCUT2D eigenvalue weighted by Gasteiger charge is -2.16. The third kappa shape index (κ3) is 4.05. The molecule has 0 fully saturated rings. The zero-order valence-corrected chi connectivity index (χ0v) is 18.3. The van der Waals surface area contributed by atoms with Gasteiger partial charge in [-0.25, -0.2) is 4.98 Å². The molecule has 2 heterocycles. The lowest BCUT2D eigenvalue weighted by atomic mass is 10.1. The molecule has 33 heavy (non-hydrogen) atoms. The Hall–Kier alpha value is -4.13. The third-order valence-electron chi connectivity index (χ3n) is 5.89. The number of ether oxygens (including phenoxy) is 1. The first-order valence-corrected chi connectivity index (χ1v) is 10.9. The summed E-state index contributed by atoms with van der Waals surface area (Å²) in [4.78, 5) is 32.6. The first kappa shape index (κ1) is 20.8. The second-order valence-corrected chi connectivity index (χ2v) is 8.03. The molecule has 166 valence electrons. The van der Waals surface area contributed by atoms with Gasteiger partial charge in [0.2, 0.25) is 11.9 Å². The summed E-state index contributed by atoms with van der Waals surface area (Å²) in [6, 6.07) is 24.4. The van der Waals surface area contributed by atoms with E-state index in [2.05, 4.69) is 5.32 Å². The van der Waals surface area contributed by atoms with Crippen LogP contribution in [0.5, 0.6) is 5.75 Å². The number of anilines is 1. The van der Waals surface area contributed by atoms with Crippen LogP contribution in [0.2, 0.25) is 0 Å². The fraction of sp³-hybridized carbons (Fsp3) is 0.192. The van der Waals surface area contributed by atoms with Crippen LogP contribution in [0.4, 0.5) is 5.95 Å². The number of methoxy groups -OCH3 is 1. The van der Waals surface area contributed by atoms with E-state index in [1.807, 2.05) is 83.4 Å². The van der Waals surface area contributed by atoms with E-state index in [4.69, 9.17) is 9.72 Å². The Morgan fingerprint density at radius 1 is 0.970 bits per heavy atom. The normalized spacial score (nSPS) is 15.0. The average Bonchev–Trinajstić information content (AvgIpc) is 3.34. The summed E-state index contributed by atoms with van der Waals surface area (Å²) < 4.78 is 7.12. The number of imidazole rings is 1. The van der Waals surface area contributed by atoms with Crippen LogP contribution in [0.15, 0.2) is 78.9 Å². The standard InChI is InChI=1S/C26H24N4O3/c1-33-20-13-11-19(12-14-20)17-29-25(32)23(15-24(31)27-16-18-7-3-2-4-8-18)30-22-10-6-5-9-21(22)28-26(29)30/h2-14,23H,15-17H2,1H3,(H,27,31)/t23-/m1/s1. The molecular weight excluding hydrogens is 416 g/mol. The van der Waals surface area contributed by atoms with Crippen molar-refractivity contribution in [3.63, 3.8) is 0 Å². The van der Waals surface area contributed by atoms with Crippen molar-refractivity contribution in [1.29, 1.82) is 0 Å². The van der Waals surface area contributed by atoms with Crippen molar-refractivity contribution in [1.82, 2.24) is 14.9 Å². The van der Waals surface area contributed by atoms with E-state index in [0.717, 1.165) is 27.9 Å². The summed E-state index contributed by atoms with van der Waals surface area (Å²) in [7, 11) is 1.62. The number of rotatable bonds is 7. The van der Waals surface area contributed by atoms with Gasteiger partial charge in [0, 0.05) is 6.54 Å². The van der Waals surface area contributed by atoms with E-state index in [0.29, 0.717) is 19.0 Å². The van der Waals surface area contributed by atoms with Crippen LogP contribution in [0.25, 0.3) is 11.0 Å². The molecular formula is C26H24N4O3. The minimum Gasteiger partial charge on any atom is -0.497 e. The summed E-state index contributed by atoms with van der Waals surface area (Å²) in [5.41, 5.74) is 3.61. The lowest BCUT2D eigenvalue weighted by molar-refractivity contribution is -0.127. The van der Waals surface area contributed by atoms with E-state index in [9.17, 15) is 9.59 Å². The Bertz CT molecular complexity index is 1300. The van der Waals surface area contributed by atoms with Crippen molar-refractivity contribution in [2.24, 2.45) is 0 Å². The number of carbonyl (C=O) groups is 2. The van der Waals surface area contributed by atoms with E-state index in [1.54, 1.807) is 12.0 Å². The van der Waals surface area contributed by atoms with Gasteiger partial charge in [-0.2, -0.15) is 0 Å². The van der Waals surface area contributed by atoms with E-state index in [-0.39, 0.29) is 18.2 Å². The van der Waals surface area contributed by atoms with Crippen LogP contribution in [0, 0.1) is 0 Å². The molecule has 0 saturated heterocycles. The largest absolute Gasteiger partial charge is 0.497 e. The quantitative estimate of drug-likeness (QED) is 0.474. The van der Waals surface area contributed by atoms with Gasteiger partial charge in [-0.15, -0.1) is 0 Å². The molecule has 1 aliphatic heterocycles. The number of nitrogens with zero attached hydrogens (tertiary/aromatic N) is 3. The van der Waals surface area contributed by atoms with Crippen molar-refractivity contribution in [2.45, 2.75) is 25.6 Å². The van der Waals surface area contributed by atoms with Crippen molar-refractivity contribution >= 4 is 28.8 Å². The number of benzene rings is 3. The van der Waals surface area contributed by atoms with Gasteiger partial charge >= 0.3 is 0 Å². The van der Waals surface area contributed by atoms with Crippen molar-refractivity contribution in [3.05, 3.63) is 90.0 Å². The number of nitrogens with one attached hydrogen (secondary N) is 1. The molecule has 1 aromatic heterocycles. The van der Waals surface area contributed by atoms with Gasteiger partial charge in [0.15, 0.2) is 0 Å². The van der Waals surface area contributed by atoms with Crippen molar-refractivity contribution < 1.29 is 14.3 Å². The predicted octanol–water partition coefficient (Wildman–Crippen LogP) is 3.84. The van der Waals surface area contributed by atoms with Gasteiger partial charge in [-0.05, 0) is 35.4 Å². The predicted molar refractivity (Wildman–Crippen MR) is 126 cm³/mol. The van der Waals surface area contributed by atoms with Crippen LogP contribution in [0.1, 0.15) is 23.6 Å². The van der Waals surface area contributed by atoms with Gasteiger partial charge in [0.05, 0.1) is 31.1 Å². The molecule has 2 amide bonds. The van der Waals surface area contributed by atoms with Gasteiger partial charge in [-0.3, -0.25) is 19.1 Å². The Labute approximate surface area is 191 Å². The molecule has 7 heteroatoms. The van der Waals surface area contributed by atoms with E-state index >= 15 is 0 Å². The number of amides is 2. The summed E-state index contributed by atoms with van der Waals surface area (Å²) in [6.45, 7) is 0.794. The van der Waals surface area contributed by atoms with Gasteiger partial charge in [0.25, 0.3) is 5.91 Å². The molecule has 1 atom stereocenters. The van der Waals surface area contributed by atoms with Crippen LogP contribution < -0.4 is 15.0 Å². The number of hydrogen-bond donors (Lipinski definition) is 1. The highest BCUT2D eigenvalue weighted by molar-refractivity contribution is 6.03. The second kappa shape index (κ2) is 8.78. The molecule has 1 N–H and O–H groups in total. The van der Waals surface area contributed by atoms with Crippen molar-refractivity contribution in [3.8, 4) is 5.75 Å². The van der Waals surface area contributed by atoms with Crippen LogP contribution in [-0.4, -0.2) is 28.5 Å². The Balaban J connectivity index is 1.41. The molecule has 0 unspecified atom stereocenters. The minimum atomic E-state index is -0.638. The summed E-state index contributed by atoms with van der Waals surface area (Å²) >= 11 is 0. The fourth-order valence-corrected chi connectivity index (χ4v) is 4.20. The molecule has 1 aliphatic rings. The molecule has 0 aliphatic carbocycles. The topological polar surface area (TPSA) is 76.5 Å². The minimum absolute atomic E-state index is 0.0537. The maximum atomic E-state index is 13.5. The highest BCUT2D eigenvalue weighted by Gasteiger charge is 2.40. The van der Waals surface area contributed by atoms with Gasteiger partial charge in [-0.1, -0.05) is 54.6 Å². The number of fused-ring (bicyclic) bond motifs is 3. The molecule has 0 bridgehead atoms. The maximum absolute atomic E-state index is 13.5. The summed E-state index contributed by atoms with van der Waals surface area (Å²) in [5.74, 6) is 1.02. The van der Waals surface area contributed by atoms with Crippen molar-refractivity contribution in [2.75, 3.05) is 12.0 Å². The Morgan fingerprint density at radius 2 is 1.70 bits per heavy atom. The van der Waals surface area contributed by atoms with E-state index < -0.39 is 6.04 Å². The second-order valence-electron chi connectivity index (χ2n) is 8.03. The summed E-state index contributed by atoms with van der Waals surface area (Å²) in [5, 5.41) is 2.94. The number of aromatic nitrogens is 2. The third-order valence-corrected chi connectivity index (χ3v) is 5.89. The van der Waals surface area contributed by atoms with E-state index in [1.165, 1.54) is 0 Å². The first-order chi connectivity index (χ1) is 16.1. The fourth-order valence-electron chi connectivity index (χ4n) is 4.20. The lowest BCUT2D eigenvalue weighted by Crippen LogP contribution is -2.32. The van der Waals surface area contributed by atoms with Gasteiger partial charge < -0.3 is 10.1 Å². The Kier molecular flexibility index (Phi) is 5.52. The van der Waals surface area contributed by atoms with Crippen LogP contribution in [0.3, 0.4) is 0 Å². The first-order valence-electron chi connectivity index (χ1n) is 10.9. The Morgan fingerprint density at radius 3 is 2.45 bits per heavy atom. The zero-order valence-electron chi connectivity index (χ0n) is 18.3. The smallest absolute Gasteiger partial charge is 0.253 e. The zero-order chi connectivity index (χ0) is 22.8. The monoisotopic (exact) mass is 440 g/mol. The number of para-hydroxylation sites is 2. The molecule has 5 rings (SSSR count). The molecule has 7 nitrogen and oxygen atoms in total. The number of hydrogen-bond acceptors (Lipinski definition) is 4. The maximum Gasteiger partial charge on any atom is 0.253 e. The molecule has 4 aromatic rings. The van der Waals surface area contributed by atoms with Crippen LogP contribution >= 0.6 is 0 Å². The highest BCUT2D eigenvalue weighted by Crippen LogP contribution is 2.37. The number of carbonyl (C=O) groups excluding carboxylic acids is 2. The molecule has 3 aromatic carbocycles. The molecule has 0 radical (unpaired) electrons. The highest BCUT2D eigenvalue weighted by atomic mass is 16.5. The van der Waals surface area contributed by atoms with Gasteiger partial charge in [0.1, 0.15) is 11.8 Å².